The van der Waals surface area contributed by atoms with Crippen LogP contribution in [-0.4, -0.2) is 47.5 Å². The summed E-state index contributed by atoms with van der Waals surface area (Å²) in [6, 6.07) is 11.2. The molecule has 0 unspecified atom stereocenters. The number of alkyl halides is 3. The average molecular weight is 462 g/mol. The Balaban J connectivity index is 1.47. The molecule has 1 saturated heterocycles. The fourth-order valence-corrected chi connectivity index (χ4v) is 3.36. The van der Waals surface area contributed by atoms with Crippen molar-refractivity contribution < 1.29 is 32.3 Å². The number of rotatable bonds is 5. The first-order valence-corrected chi connectivity index (χ1v) is 10.1. The van der Waals surface area contributed by atoms with Crippen LogP contribution in [0.25, 0.3) is 11.4 Å². The van der Waals surface area contributed by atoms with Gasteiger partial charge in [0.05, 0.1) is 18.8 Å². The zero-order valence-electron chi connectivity index (χ0n) is 17.6. The molecule has 33 heavy (non-hydrogen) atoms. The van der Waals surface area contributed by atoms with Crippen LogP contribution in [0.2, 0.25) is 0 Å². The van der Waals surface area contributed by atoms with E-state index >= 15 is 0 Å². The van der Waals surface area contributed by atoms with Gasteiger partial charge in [0.1, 0.15) is 0 Å². The van der Waals surface area contributed by atoms with E-state index in [1.165, 1.54) is 19.1 Å². The van der Waals surface area contributed by atoms with Gasteiger partial charge in [-0.05, 0) is 43.3 Å². The van der Waals surface area contributed by atoms with E-state index in [9.17, 15) is 23.1 Å². The van der Waals surface area contributed by atoms with Crippen molar-refractivity contribution in [2.24, 2.45) is 0 Å². The normalized spacial score (nSPS) is 16.3. The highest BCUT2D eigenvalue weighted by Gasteiger charge is 2.34. The molecule has 1 atom stereocenters. The molecule has 174 valence electrons. The van der Waals surface area contributed by atoms with Gasteiger partial charge in [-0.25, -0.2) is 0 Å². The first-order valence-electron chi connectivity index (χ1n) is 10.1. The van der Waals surface area contributed by atoms with Gasteiger partial charge in [-0.15, -0.1) is 0 Å². The Morgan fingerprint density at radius 3 is 2.48 bits per heavy atom. The molecule has 3 aromatic rings. The topological polar surface area (TPSA) is 101 Å². The Morgan fingerprint density at radius 1 is 1.12 bits per heavy atom. The van der Waals surface area contributed by atoms with E-state index in [2.05, 4.69) is 20.4 Å². The van der Waals surface area contributed by atoms with E-state index in [0.717, 1.165) is 30.9 Å². The molecule has 0 spiro atoms. The minimum atomic E-state index is -4.53. The Bertz CT molecular complexity index is 1120. The van der Waals surface area contributed by atoms with Gasteiger partial charge >= 0.3 is 6.18 Å². The lowest BCUT2D eigenvalue weighted by atomic mass is 10.1. The molecule has 1 fully saturated rings. The number of amides is 1. The number of benzene rings is 2. The Kier molecular flexibility index (Phi) is 6.09. The highest BCUT2D eigenvalue weighted by Crippen LogP contribution is 2.32. The maximum absolute atomic E-state index is 13.0. The van der Waals surface area contributed by atoms with E-state index < -0.39 is 23.4 Å². The number of hydrogen-bond acceptors (Lipinski definition) is 7. The van der Waals surface area contributed by atoms with E-state index in [4.69, 9.17) is 9.26 Å². The number of carbonyl (C=O) groups is 1. The number of aromatic nitrogens is 2. The van der Waals surface area contributed by atoms with Crippen molar-refractivity contribution in [3.05, 3.63) is 65.5 Å². The summed E-state index contributed by atoms with van der Waals surface area (Å²) >= 11 is 0. The van der Waals surface area contributed by atoms with Gasteiger partial charge in [-0.2, -0.15) is 18.2 Å². The fraction of sp³-hybridized carbons (Fsp3) is 0.318. The number of carbonyl (C=O) groups excluding carboxylic acids is 1. The molecule has 2 N–H and O–H groups in total. The van der Waals surface area contributed by atoms with Crippen LogP contribution >= 0.6 is 0 Å². The van der Waals surface area contributed by atoms with Crippen molar-refractivity contribution in [2.45, 2.75) is 18.8 Å². The summed E-state index contributed by atoms with van der Waals surface area (Å²) in [5, 5.41) is 16.7. The second-order valence-electron chi connectivity index (χ2n) is 7.67. The first kappa shape index (κ1) is 22.7. The average Bonchev–Trinajstić information content (AvgIpc) is 3.31. The van der Waals surface area contributed by atoms with Crippen LogP contribution in [0, 0.1) is 0 Å². The molecule has 0 bridgehead atoms. The number of halogens is 3. The predicted molar refractivity (Wildman–Crippen MR) is 111 cm³/mol. The highest BCUT2D eigenvalue weighted by atomic mass is 19.4. The largest absolute Gasteiger partial charge is 0.416 e. The molecule has 2 heterocycles. The number of nitrogens with zero attached hydrogens (tertiary/aromatic N) is 3. The molecule has 1 aliphatic heterocycles. The molecule has 0 saturated carbocycles. The Labute approximate surface area is 187 Å². The SMILES string of the molecule is C[C@@](O)(NC(=O)c1ccc(N2CCOCC2)cc1)c1nc(-c2cccc(C(F)(F)F)c2)no1. The van der Waals surface area contributed by atoms with Gasteiger partial charge in [-0.1, -0.05) is 17.3 Å². The Morgan fingerprint density at radius 2 is 1.82 bits per heavy atom. The molecule has 11 heteroatoms. The lowest BCUT2D eigenvalue weighted by molar-refractivity contribution is -0.137. The van der Waals surface area contributed by atoms with Crippen LogP contribution in [0.15, 0.2) is 53.1 Å². The zero-order valence-corrected chi connectivity index (χ0v) is 17.6. The summed E-state index contributed by atoms with van der Waals surface area (Å²) < 4.78 is 49.2. The maximum atomic E-state index is 13.0. The molecule has 4 rings (SSSR count). The summed E-state index contributed by atoms with van der Waals surface area (Å²) in [4.78, 5) is 18.7. The number of hydrogen-bond donors (Lipinski definition) is 2. The summed E-state index contributed by atoms with van der Waals surface area (Å²) in [6.45, 7) is 4.02. The number of ether oxygens (including phenoxy) is 1. The maximum Gasteiger partial charge on any atom is 0.416 e. The molecule has 1 amide bonds. The van der Waals surface area contributed by atoms with Gasteiger partial charge in [0.2, 0.25) is 11.5 Å². The van der Waals surface area contributed by atoms with Crippen molar-refractivity contribution in [1.82, 2.24) is 15.5 Å². The van der Waals surface area contributed by atoms with E-state index in [1.54, 1.807) is 24.3 Å². The monoisotopic (exact) mass is 462 g/mol. The van der Waals surface area contributed by atoms with Crippen molar-refractivity contribution >= 4 is 11.6 Å². The minimum Gasteiger partial charge on any atom is -0.378 e. The molecule has 0 radical (unpaired) electrons. The fourth-order valence-electron chi connectivity index (χ4n) is 3.36. The summed E-state index contributed by atoms with van der Waals surface area (Å²) in [7, 11) is 0. The summed E-state index contributed by atoms with van der Waals surface area (Å²) in [5.74, 6) is -1.11. The number of aliphatic hydroxyl groups is 1. The number of nitrogens with one attached hydrogen (secondary N) is 1. The van der Waals surface area contributed by atoms with E-state index in [0.29, 0.717) is 18.8 Å². The van der Waals surface area contributed by atoms with Crippen LogP contribution in [0.5, 0.6) is 0 Å². The molecule has 2 aromatic carbocycles. The van der Waals surface area contributed by atoms with Gasteiger partial charge in [0.25, 0.3) is 11.8 Å². The van der Waals surface area contributed by atoms with Crippen molar-refractivity contribution in [2.75, 3.05) is 31.2 Å². The van der Waals surface area contributed by atoms with Gasteiger partial charge < -0.3 is 24.6 Å². The molecule has 1 aliphatic rings. The van der Waals surface area contributed by atoms with Gasteiger partial charge in [0.15, 0.2) is 0 Å². The molecule has 8 nitrogen and oxygen atoms in total. The van der Waals surface area contributed by atoms with Crippen LogP contribution < -0.4 is 10.2 Å². The highest BCUT2D eigenvalue weighted by molar-refractivity contribution is 5.94. The zero-order chi connectivity index (χ0) is 23.6. The van der Waals surface area contributed by atoms with E-state index in [1.807, 2.05) is 0 Å². The van der Waals surface area contributed by atoms with E-state index in [-0.39, 0.29) is 17.3 Å². The molecular weight excluding hydrogens is 441 g/mol. The third kappa shape index (κ3) is 5.15. The van der Waals surface area contributed by atoms with Crippen molar-refractivity contribution in [3.63, 3.8) is 0 Å². The lowest BCUT2D eigenvalue weighted by Crippen LogP contribution is -2.43. The first-order chi connectivity index (χ1) is 15.6. The second-order valence-corrected chi connectivity index (χ2v) is 7.67. The van der Waals surface area contributed by atoms with Crippen molar-refractivity contribution in [3.8, 4) is 11.4 Å². The number of anilines is 1. The van der Waals surface area contributed by atoms with Crippen LogP contribution in [0.4, 0.5) is 18.9 Å². The van der Waals surface area contributed by atoms with Crippen LogP contribution in [0.1, 0.15) is 28.7 Å². The Hall–Kier alpha value is -3.44. The third-order valence-electron chi connectivity index (χ3n) is 5.15. The van der Waals surface area contributed by atoms with Crippen LogP contribution in [-0.2, 0) is 16.6 Å². The standard InChI is InChI=1S/C22H21F3N4O4/c1-21(31,20-26-18(28-33-20)15-3-2-4-16(13-15)22(23,24)25)27-19(30)14-5-7-17(8-6-14)29-9-11-32-12-10-29/h2-8,13,31H,9-12H2,1H3,(H,27,30)/t21-/m0/s1. The summed E-state index contributed by atoms with van der Waals surface area (Å²) in [5.41, 5.74) is -1.62. The quantitative estimate of drug-likeness (QED) is 0.562. The smallest absolute Gasteiger partial charge is 0.378 e. The number of morpholine rings is 1. The second kappa shape index (κ2) is 8.83. The minimum absolute atomic E-state index is 0.0562. The van der Waals surface area contributed by atoms with Gasteiger partial charge in [-0.3, -0.25) is 4.79 Å². The summed E-state index contributed by atoms with van der Waals surface area (Å²) in [6.07, 6.45) is -4.53. The lowest BCUT2D eigenvalue weighted by Gasteiger charge is -2.29. The third-order valence-corrected chi connectivity index (χ3v) is 5.15. The van der Waals surface area contributed by atoms with Crippen LogP contribution in [0.3, 0.4) is 0 Å². The van der Waals surface area contributed by atoms with Gasteiger partial charge in [0, 0.05) is 29.9 Å². The molecule has 0 aliphatic carbocycles. The predicted octanol–water partition coefficient (Wildman–Crippen LogP) is 3.19. The van der Waals surface area contributed by atoms with Crippen molar-refractivity contribution in [1.29, 1.82) is 0 Å². The molecular formula is C22H21F3N4O4. The molecule has 1 aromatic heterocycles.